The van der Waals surface area contributed by atoms with Gasteiger partial charge in [0, 0.05) is 22.3 Å². The minimum atomic E-state index is -0.165. The van der Waals surface area contributed by atoms with Crippen LogP contribution in [0.3, 0.4) is 0 Å². The first-order valence-corrected chi connectivity index (χ1v) is 7.54. The van der Waals surface area contributed by atoms with Gasteiger partial charge >= 0.3 is 0 Å². The molecule has 0 spiro atoms. The van der Waals surface area contributed by atoms with Gasteiger partial charge in [0.1, 0.15) is 0 Å². The Morgan fingerprint density at radius 3 is 1.18 bits per heavy atom. The molecular weight excluding hydrogens is 280 g/mol. The van der Waals surface area contributed by atoms with Crippen LogP contribution in [0.5, 0.6) is 0 Å². The highest BCUT2D eigenvalue weighted by Crippen LogP contribution is 2.28. The predicted octanol–water partition coefficient (Wildman–Crippen LogP) is 2.35. The van der Waals surface area contributed by atoms with Crippen LogP contribution in [0.25, 0.3) is 0 Å². The Balaban J connectivity index is 1.92. The molecule has 0 heterocycles. The van der Waals surface area contributed by atoms with Crippen LogP contribution < -0.4 is 0 Å². The van der Waals surface area contributed by atoms with Crippen molar-refractivity contribution in [2.24, 2.45) is 0 Å². The van der Waals surface area contributed by atoms with E-state index in [9.17, 15) is 19.2 Å². The molecule has 1 saturated carbocycles. The topological polar surface area (TPSA) is 68.3 Å². The van der Waals surface area contributed by atoms with E-state index in [4.69, 9.17) is 0 Å². The second kappa shape index (κ2) is 5.79. The van der Waals surface area contributed by atoms with Gasteiger partial charge in [-0.15, -0.1) is 0 Å². The quantitative estimate of drug-likeness (QED) is 0.643. The number of hydrogen-bond donors (Lipinski definition) is 0. The van der Waals surface area contributed by atoms with Crippen molar-refractivity contribution in [1.29, 1.82) is 0 Å². The molecule has 22 heavy (non-hydrogen) atoms. The van der Waals surface area contributed by atoms with Crippen molar-refractivity contribution in [3.8, 4) is 0 Å². The average molecular weight is 296 g/mol. The van der Waals surface area contributed by atoms with Gasteiger partial charge in [-0.25, -0.2) is 0 Å². The summed E-state index contributed by atoms with van der Waals surface area (Å²) in [5.74, 6) is -0.512. The molecular formula is C18H16O4. The summed E-state index contributed by atoms with van der Waals surface area (Å²) >= 11 is 0. The van der Waals surface area contributed by atoms with E-state index in [0.717, 1.165) is 12.8 Å². The Kier molecular flexibility index (Phi) is 3.84. The van der Waals surface area contributed by atoms with Crippen LogP contribution in [0.15, 0.2) is 46.6 Å². The zero-order chi connectivity index (χ0) is 15.7. The third-order valence-corrected chi connectivity index (χ3v) is 4.24. The highest BCUT2D eigenvalue weighted by atomic mass is 16.1. The molecule has 0 aromatic carbocycles. The molecule has 0 radical (unpaired) electrons. The minimum absolute atomic E-state index is 0.0916. The SMILES string of the molecule is O=C1C=C2CCCCC3=CC(=O)C=C(CCC(=C1)C2=O)C3=O. The third-order valence-electron chi connectivity index (χ3n) is 4.24. The van der Waals surface area contributed by atoms with E-state index >= 15 is 0 Å². The maximum absolute atomic E-state index is 12.3. The smallest absolute Gasteiger partial charge is 0.185 e. The van der Waals surface area contributed by atoms with E-state index in [1.54, 1.807) is 0 Å². The maximum Gasteiger partial charge on any atom is 0.185 e. The summed E-state index contributed by atoms with van der Waals surface area (Å²) in [6.45, 7) is 0. The number of carbonyl (C=O) groups is 4. The first-order valence-electron chi connectivity index (χ1n) is 7.54. The van der Waals surface area contributed by atoms with Gasteiger partial charge in [-0.1, -0.05) is 0 Å². The van der Waals surface area contributed by atoms with Crippen molar-refractivity contribution in [3.63, 3.8) is 0 Å². The van der Waals surface area contributed by atoms with Crippen LogP contribution in [0, 0.1) is 0 Å². The van der Waals surface area contributed by atoms with Gasteiger partial charge in [0.15, 0.2) is 23.1 Å². The second-order valence-electron chi connectivity index (χ2n) is 5.85. The fraction of sp³-hybridized carbons (Fsp3) is 0.333. The molecule has 0 N–H and O–H groups in total. The first kappa shape index (κ1) is 14.6. The number of carbonyl (C=O) groups excluding carboxylic acids is 4. The number of ketones is 4. The summed E-state index contributed by atoms with van der Waals surface area (Å²) in [4.78, 5) is 48.1. The average Bonchev–Trinajstić information content (AvgIpc) is 2.47. The zero-order valence-corrected chi connectivity index (χ0v) is 12.2. The van der Waals surface area contributed by atoms with E-state index in [1.807, 2.05) is 0 Å². The van der Waals surface area contributed by atoms with Gasteiger partial charge in [-0.05, 0) is 62.8 Å². The summed E-state index contributed by atoms with van der Waals surface area (Å²) in [6, 6.07) is 0. The van der Waals surface area contributed by atoms with E-state index in [0.29, 0.717) is 48.0 Å². The molecule has 1 fully saturated rings. The summed E-state index contributed by atoms with van der Waals surface area (Å²) in [5.41, 5.74) is 2.03. The fourth-order valence-electron chi connectivity index (χ4n) is 3.09. The van der Waals surface area contributed by atoms with E-state index in [2.05, 4.69) is 0 Å². The molecule has 0 aromatic rings. The predicted molar refractivity (Wildman–Crippen MR) is 80.1 cm³/mol. The van der Waals surface area contributed by atoms with Gasteiger partial charge in [-0.3, -0.25) is 19.2 Å². The molecule has 0 unspecified atom stereocenters. The Bertz CT molecular complexity index is 651. The molecule has 0 amide bonds. The van der Waals surface area contributed by atoms with Gasteiger partial charge in [-0.2, -0.15) is 0 Å². The van der Waals surface area contributed by atoms with Crippen molar-refractivity contribution in [3.05, 3.63) is 46.6 Å². The first-order chi connectivity index (χ1) is 10.5. The third kappa shape index (κ3) is 2.82. The molecule has 4 heteroatoms. The van der Waals surface area contributed by atoms with Crippen LogP contribution >= 0.6 is 0 Å². The Labute approximate surface area is 128 Å². The van der Waals surface area contributed by atoms with E-state index < -0.39 is 0 Å². The Hall–Kier alpha value is -2.36. The number of rotatable bonds is 0. The highest BCUT2D eigenvalue weighted by molar-refractivity contribution is 6.21. The number of allylic oxidation sites excluding steroid dienone is 8. The zero-order valence-electron chi connectivity index (χ0n) is 12.2. The molecule has 112 valence electrons. The molecule has 3 aliphatic rings. The number of Topliss-reactive ketones (excluding diaryl/α,β-unsaturated/α-hetero) is 2. The van der Waals surface area contributed by atoms with Gasteiger partial charge in [0.05, 0.1) is 0 Å². The van der Waals surface area contributed by atoms with Crippen molar-refractivity contribution in [2.75, 3.05) is 0 Å². The molecule has 0 aromatic heterocycles. The summed E-state index contributed by atoms with van der Waals surface area (Å²) < 4.78 is 0. The Morgan fingerprint density at radius 1 is 0.500 bits per heavy atom. The van der Waals surface area contributed by atoms with Crippen molar-refractivity contribution in [1.82, 2.24) is 0 Å². The lowest BCUT2D eigenvalue weighted by Crippen LogP contribution is -2.18. The van der Waals surface area contributed by atoms with Crippen molar-refractivity contribution < 1.29 is 19.2 Å². The highest BCUT2D eigenvalue weighted by Gasteiger charge is 2.26. The maximum atomic E-state index is 12.3. The lowest BCUT2D eigenvalue weighted by molar-refractivity contribution is -0.116. The van der Waals surface area contributed by atoms with Gasteiger partial charge < -0.3 is 0 Å². The second-order valence-corrected chi connectivity index (χ2v) is 5.85. The fourth-order valence-corrected chi connectivity index (χ4v) is 3.09. The molecule has 0 atom stereocenters. The van der Waals surface area contributed by atoms with Gasteiger partial charge in [0.25, 0.3) is 0 Å². The molecule has 0 saturated heterocycles. The summed E-state index contributed by atoms with van der Waals surface area (Å²) in [7, 11) is 0. The minimum Gasteiger partial charge on any atom is -0.290 e. The molecule has 0 aliphatic heterocycles. The summed E-state index contributed by atoms with van der Waals surface area (Å²) in [5, 5.41) is 0. The standard InChI is InChI=1S/C18H16O4/c19-15-7-11-3-1-2-4-12-8-16(20)10-14(18(12)22)6-5-13(9-15)17(11)21/h7-10H,1-6H2. The molecule has 3 rings (SSSR count). The van der Waals surface area contributed by atoms with Crippen molar-refractivity contribution >= 4 is 23.1 Å². The lowest BCUT2D eigenvalue weighted by Gasteiger charge is -2.18. The summed E-state index contributed by atoms with van der Waals surface area (Å²) in [6.07, 6.45) is 8.71. The molecule has 3 aliphatic carbocycles. The normalized spacial score (nSPS) is 22.9. The van der Waals surface area contributed by atoms with Gasteiger partial charge in [0.2, 0.25) is 0 Å². The van der Waals surface area contributed by atoms with Crippen LogP contribution in [0.1, 0.15) is 38.5 Å². The lowest BCUT2D eigenvalue weighted by atomic mass is 9.84. The van der Waals surface area contributed by atoms with Crippen LogP contribution in [0.2, 0.25) is 0 Å². The van der Waals surface area contributed by atoms with Crippen LogP contribution in [0.4, 0.5) is 0 Å². The monoisotopic (exact) mass is 296 g/mol. The molecule has 4 nitrogen and oxygen atoms in total. The number of fused-ring (bicyclic) bond motifs is 4. The van der Waals surface area contributed by atoms with E-state index in [-0.39, 0.29) is 23.1 Å². The largest absolute Gasteiger partial charge is 0.290 e. The van der Waals surface area contributed by atoms with Crippen LogP contribution in [-0.2, 0) is 19.2 Å². The number of hydrogen-bond acceptors (Lipinski definition) is 4. The van der Waals surface area contributed by atoms with Crippen LogP contribution in [-0.4, -0.2) is 23.1 Å². The van der Waals surface area contributed by atoms with Crippen molar-refractivity contribution in [2.45, 2.75) is 38.5 Å². The van der Waals surface area contributed by atoms with E-state index in [1.165, 1.54) is 24.3 Å². The molecule has 4 bridgehead atoms. The Morgan fingerprint density at radius 2 is 0.818 bits per heavy atom.